The first kappa shape index (κ1) is 61.8. The van der Waals surface area contributed by atoms with Gasteiger partial charge in [0, 0.05) is 85.0 Å². The molecule has 3 aromatic heterocycles. The smallest absolute Gasteiger partial charge is 0.416 e. The van der Waals surface area contributed by atoms with Crippen molar-refractivity contribution in [1.29, 1.82) is 0 Å². The van der Waals surface area contributed by atoms with Crippen LogP contribution in [0.25, 0.3) is 0 Å². The fourth-order valence-electron chi connectivity index (χ4n) is 11.2. The third kappa shape index (κ3) is 13.1. The second-order valence-electron chi connectivity index (χ2n) is 21.0. The van der Waals surface area contributed by atoms with E-state index in [2.05, 4.69) is 34.4 Å². The lowest BCUT2D eigenvalue weighted by molar-refractivity contribution is -0.116. The van der Waals surface area contributed by atoms with Crippen molar-refractivity contribution >= 4 is 76.1 Å². The molecule has 0 aliphatic carbocycles. The van der Waals surface area contributed by atoms with E-state index in [1.165, 1.54) is 85.4 Å². The van der Waals surface area contributed by atoms with Crippen LogP contribution in [0.15, 0.2) is 86.4 Å². The van der Waals surface area contributed by atoms with E-state index in [0.717, 1.165) is 11.3 Å². The number of benzene rings is 2. The Morgan fingerprint density at radius 2 is 1.06 bits per heavy atom. The van der Waals surface area contributed by atoms with Gasteiger partial charge >= 0.3 is 12.2 Å². The number of nitrogens with zero attached hydrogens (tertiary/aromatic N) is 7. The quantitative estimate of drug-likeness (QED) is 0.0370. The molecular formula is C60H71N11O16. The number of hydrogen-bond acceptors (Lipinski definition) is 16. The number of rotatable bonds is 23. The van der Waals surface area contributed by atoms with Gasteiger partial charge in [0.15, 0.2) is 35.5 Å². The van der Waals surface area contributed by atoms with Gasteiger partial charge in [-0.05, 0) is 68.9 Å². The largest absolute Gasteiger partial charge is 0.493 e. The first-order valence-electron chi connectivity index (χ1n) is 28.3. The fraction of sp³-hybridized carbons (Fsp3) is 0.400. The minimum Gasteiger partial charge on any atom is -0.493 e. The number of carbonyl (C=O) groups is 8. The number of methoxy groups -OCH3 is 3. The summed E-state index contributed by atoms with van der Waals surface area (Å²) in [6.07, 6.45) is 6.87. The Labute approximate surface area is 501 Å². The van der Waals surface area contributed by atoms with Gasteiger partial charge < -0.3 is 83.0 Å². The van der Waals surface area contributed by atoms with Gasteiger partial charge in [-0.25, -0.2) is 19.4 Å². The van der Waals surface area contributed by atoms with E-state index in [1.54, 1.807) is 58.7 Å². The molecule has 8 amide bonds. The standard InChI is InChI=1S/C60H71N11O16/c1-9-21-86-59(79)70-42-30-49(47(81-6)28-38(42)55(76)68-19-11-15-40(68)57(70)78)85-24-14-18-61-52(73)44-26-36(33-65(44)3)63-54(75)46-27-37(34-67(46)5)64-53(74)45-25-35(32-66(45)4)62-51(72)17-13-23-84-50-31-43-39(29-48(50)82-7)56(77)69-20-12-16-41(69)58(83-8)71(43)60(80)87-22-10-2/h9-10,25-34,40-41,57-58,78H,1-2,11-24H2,3-8H3,(H,61,73)(H,62,72)(H,63,75)(H,64,74)/t40-,41-,57-,58-/m0/s1. The molecule has 27 nitrogen and oxygen atoms in total. The molecule has 0 spiro atoms. The summed E-state index contributed by atoms with van der Waals surface area (Å²) in [6, 6.07) is 9.47. The van der Waals surface area contributed by atoms with Crippen molar-refractivity contribution in [3.05, 3.63) is 115 Å². The van der Waals surface area contributed by atoms with Crippen LogP contribution >= 0.6 is 0 Å². The number of aliphatic hydroxyl groups is 1. The Bertz CT molecular complexity index is 3500. The first-order valence-corrected chi connectivity index (χ1v) is 28.3. The lowest BCUT2D eigenvalue weighted by atomic mass is 10.1. The van der Waals surface area contributed by atoms with E-state index in [0.29, 0.717) is 55.8 Å². The number of nitrogens with one attached hydrogen (secondary N) is 4. The maximum absolute atomic E-state index is 13.9. The van der Waals surface area contributed by atoms with Gasteiger partial charge in [0.2, 0.25) is 5.91 Å². The van der Waals surface area contributed by atoms with Crippen molar-refractivity contribution in [2.45, 2.75) is 69.5 Å². The number of aromatic nitrogens is 3. The van der Waals surface area contributed by atoms with Gasteiger partial charge in [-0.15, -0.1) is 0 Å². The monoisotopic (exact) mass is 1200 g/mol. The molecule has 5 aromatic rings. The Hall–Kier alpha value is -9.76. The van der Waals surface area contributed by atoms with Crippen molar-refractivity contribution in [2.24, 2.45) is 21.1 Å². The number of ether oxygens (including phenoxy) is 7. The highest BCUT2D eigenvalue weighted by Gasteiger charge is 2.48. The molecule has 0 unspecified atom stereocenters. The highest BCUT2D eigenvalue weighted by atomic mass is 16.6. The highest BCUT2D eigenvalue weighted by Crippen LogP contribution is 2.44. The van der Waals surface area contributed by atoms with Crippen molar-refractivity contribution in [3.8, 4) is 23.0 Å². The Kier molecular flexibility index (Phi) is 19.2. The molecule has 9 rings (SSSR count). The van der Waals surface area contributed by atoms with Crippen LogP contribution in [-0.4, -0.2) is 168 Å². The van der Waals surface area contributed by atoms with Crippen LogP contribution in [0, 0.1) is 0 Å². The predicted molar refractivity (Wildman–Crippen MR) is 317 cm³/mol. The Morgan fingerprint density at radius 1 is 0.598 bits per heavy atom. The van der Waals surface area contributed by atoms with Gasteiger partial charge in [-0.3, -0.25) is 28.8 Å². The highest BCUT2D eigenvalue weighted by molar-refractivity contribution is 6.09. The molecular weight excluding hydrogens is 1130 g/mol. The third-order valence-corrected chi connectivity index (χ3v) is 15.3. The normalized spacial score (nSPS) is 17.6. The van der Waals surface area contributed by atoms with E-state index in [4.69, 9.17) is 33.2 Å². The van der Waals surface area contributed by atoms with Gasteiger partial charge in [-0.2, -0.15) is 0 Å². The summed E-state index contributed by atoms with van der Waals surface area (Å²) in [5.41, 5.74) is 2.33. The lowest BCUT2D eigenvalue weighted by Crippen LogP contribution is -2.52. The number of aryl methyl sites for hydroxylation is 3. The molecule has 462 valence electrons. The molecule has 0 saturated carbocycles. The van der Waals surface area contributed by atoms with Gasteiger partial charge in [0.05, 0.1) is 79.1 Å². The molecule has 0 bridgehead atoms. The summed E-state index contributed by atoms with van der Waals surface area (Å²) in [7, 11) is 9.25. The summed E-state index contributed by atoms with van der Waals surface area (Å²) in [5.74, 6) is -1.58. The molecule has 27 heteroatoms. The zero-order valence-electron chi connectivity index (χ0n) is 49.3. The van der Waals surface area contributed by atoms with Crippen LogP contribution in [0.5, 0.6) is 23.0 Å². The zero-order valence-corrected chi connectivity index (χ0v) is 49.3. The van der Waals surface area contributed by atoms with E-state index in [-0.39, 0.29) is 126 Å². The van der Waals surface area contributed by atoms with Crippen LogP contribution < -0.4 is 50.0 Å². The molecule has 4 aliphatic heterocycles. The van der Waals surface area contributed by atoms with E-state index >= 15 is 0 Å². The molecule has 2 fully saturated rings. The van der Waals surface area contributed by atoms with Crippen LogP contribution in [0.4, 0.5) is 38.0 Å². The molecule has 0 radical (unpaired) electrons. The summed E-state index contributed by atoms with van der Waals surface area (Å²) < 4.78 is 44.5. The van der Waals surface area contributed by atoms with Crippen LogP contribution in [-0.2, 0) is 40.1 Å². The molecule has 4 aliphatic rings. The average molecular weight is 1200 g/mol. The molecule has 2 aromatic carbocycles. The fourth-order valence-corrected chi connectivity index (χ4v) is 11.2. The Morgan fingerprint density at radius 3 is 1.56 bits per heavy atom. The summed E-state index contributed by atoms with van der Waals surface area (Å²) in [4.78, 5) is 114. The zero-order chi connectivity index (χ0) is 62.2. The topological polar surface area (TPSA) is 297 Å². The summed E-state index contributed by atoms with van der Waals surface area (Å²) >= 11 is 0. The molecule has 5 N–H and O–H groups in total. The van der Waals surface area contributed by atoms with E-state index in [1.807, 2.05) is 0 Å². The second kappa shape index (κ2) is 27.1. The molecule has 87 heavy (non-hydrogen) atoms. The number of carbonyl (C=O) groups excluding carboxylic acids is 8. The van der Waals surface area contributed by atoms with Crippen molar-refractivity contribution in [3.63, 3.8) is 0 Å². The SMILES string of the molecule is C=CCOC(=O)N1c2cc(OCCCNC(=O)c3cc(NC(=O)c4cc(NC(=O)c5cc(NC(=O)CCCOc6cc7c(cc6OC)C(=O)N6CCC[C@H]6[C@H](OC)N7C(=O)OCC=C)cn5C)cn4C)cn3C)c(OC)cc2C(=O)N2CCC[C@H]2[C@@H]1O. The number of fused-ring (bicyclic) bond motifs is 4. The number of hydrogen-bond donors (Lipinski definition) is 5. The molecule has 2 saturated heterocycles. The third-order valence-electron chi connectivity index (χ3n) is 15.3. The molecule has 4 atom stereocenters. The summed E-state index contributed by atoms with van der Waals surface area (Å²) in [6.45, 7) is 8.25. The average Bonchev–Trinajstić information content (AvgIpc) is 1.80. The Balaban J connectivity index is 0.746. The maximum Gasteiger partial charge on any atom is 0.416 e. The van der Waals surface area contributed by atoms with Crippen molar-refractivity contribution < 1.29 is 76.6 Å². The van der Waals surface area contributed by atoms with Gasteiger partial charge in [0.1, 0.15) is 30.3 Å². The van der Waals surface area contributed by atoms with Crippen LogP contribution in [0.1, 0.15) is 97.1 Å². The summed E-state index contributed by atoms with van der Waals surface area (Å²) in [5, 5.41) is 22.7. The minimum absolute atomic E-state index is 0.0297. The maximum atomic E-state index is 13.9. The van der Waals surface area contributed by atoms with E-state index in [9.17, 15) is 43.5 Å². The second-order valence-corrected chi connectivity index (χ2v) is 21.0. The van der Waals surface area contributed by atoms with Gasteiger partial charge in [0.25, 0.3) is 29.5 Å². The van der Waals surface area contributed by atoms with Crippen molar-refractivity contribution in [2.75, 3.05) is 93.1 Å². The predicted octanol–water partition coefficient (Wildman–Crippen LogP) is 6.01. The van der Waals surface area contributed by atoms with Gasteiger partial charge in [-0.1, -0.05) is 25.3 Å². The van der Waals surface area contributed by atoms with Crippen LogP contribution in [0.3, 0.4) is 0 Å². The van der Waals surface area contributed by atoms with Crippen molar-refractivity contribution in [1.82, 2.24) is 28.8 Å². The van der Waals surface area contributed by atoms with Crippen LogP contribution in [0.2, 0.25) is 0 Å². The lowest BCUT2D eigenvalue weighted by Gasteiger charge is -2.34. The number of amides is 8. The number of anilines is 5. The molecule has 7 heterocycles. The van der Waals surface area contributed by atoms with E-state index < -0.39 is 54.4 Å². The minimum atomic E-state index is -1.38. The number of aliphatic hydroxyl groups excluding tert-OH is 1. The first-order chi connectivity index (χ1) is 41.9.